The Hall–Kier alpha value is -2.64. The van der Waals surface area contributed by atoms with E-state index in [-0.39, 0.29) is 17.4 Å². The Kier molecular flexibility index (Phi) is 6.26. The molecule has 1 N–H and O–H groups in total. The fourth-order valence-electron chi connectivity index (χ4n) is 3.01. The van der Waals surface area contributed by atoms with Crippen LogP contribution in [0, 0.1) is 0 Å². The molecule has 2 heterocycles. The second-order valence-electron chi connectivity index (χ2n) is 6.62. The molecule has 7 heteroatoms. The standard InChI is InChI=1S/C20H24N2O5/c1-15(7-8-21-9-11-26-12-10-21)22-13-17(20(24)25)19(23)18(14-22)27-16-5-3-2-4-6-16/h2-6,13-15H,7-12H2,1H3,(H,24,25). The molecular formula is C20H24N2O5. The van der Waals surface area contributed by atoms with Gasteiger partial charge < -0.3 is 19.1 Å². The number of pyridine rings is 1. The first kappa shape index (κ1) is 19.1. The van der Waals surface area contributed by atoms with E-state index in [4.69, 9.17) is 9.47 Å². The number of para-hydroxylation sites is 1. The van der Waals surface area contributed by atoms with Crippen LogP contribution in [-0.4, -0.2) is 53.4 Å². The second kappa shape index (κ2) is 8.83. The Morgan fingerprint density at radius 3 is 2.59 bits per heavy atom. The van der Waals surface area contributed by atoms with Crippen molar-refractivity contribution in [2.45, 2.75) is 19.4 Å². The van der Waals surface area contributed by atoms with E-state index >= 15 is 0 Å². The van der Waals surface area contributed by atoms with E-state index in [2.05, 4.69) is 4.90 Å². The van der Waals surface area contributed by atoms with Gasteiger partial charge in [-0.3, -0.25) is 9.69 Å². The largest absolute Gasteiger partial charge is 0.477 e. The fourth-order valence-corrected chi connectivity index (χ4v) is 3.01. The molecule has 1 fully saturated rings. The first-order chi connectivity index (χ1) is 13.0. The summed E-state index contributed by atoms with van der Waals surface area (Å²) in [4.78, 5) is 26.3. The van der Waals surface area contributed by atoms with Gasteiger partial charge in [0.05, 0.1) is 19.4 Å². The molecule has 2 aromatic rings. The molecule has 7 nitrogen and oxygen atoms in total. The van der Waals surface area contributed by atoms with E-state index < -0.39 is 11.4 Å². The van der Waals surface area contributed by atoms with Crippen LogP contribution < -0.4 is 10.2 Å². The predicted molar refractivity (Wildman–Crippen MR) is 101 cm³/mol. The van der Waals surface area contributed by atoms with Gasteiger partial charge >= 0.3 is 5.97 Å². The molecule has 1 aliphatic heterocycles. The van der Waals surface area contributed by atoms with Crippen LogP contribution >= 0.6 is 0 Å². The van der Waals surface area contributed by atoms with Crippen LogP contribution in [0.3, 0.4) is 0 Å². The normalized spacial score (nSPS) is 16.0. The number of rotatable bonds is 7. The molecule has 0 aliphatic carbocycles. The number of aromatic nitrogens is 1. The lowest BCUT2D eigenvalue weighted by Crippen LogP contribution is -2.37. The van der Waals surface area contributed by atoms with Crippen LogP contribution in [0.1, 0.15) is 29.7 Å². The van der Waals surface area contributed by atoms with Crippen molar-refractivity contribution in [1.29, 1.82) is 0 Å². The zero-order valence-electron chi connectivity index (χ0n) is 15.3. The third-order valence-electron chi connectivity index (χ3n) is 4.69. The van der Waals surface area contributed by atoms with Crippen molar-refractivity contribution in [2.24, 2.45) is 0 Å². The zero-order chi connectivity index (χ0) is 19.2. The van der Waals surface area contributed by atoms with Gasteiger partial charge in [-0.15, -0.1) is 0 Å². The Labute approximate surface area is 157 Å². The van der Waals surface area contributed by atoms with Gasteiger partial charge in [-0.25, -0.2) is 4.79 Å². The summed E-state index contributed by atoms with van der Waals surface area (Å²) in [5.41, 5.74) is -0.912. The van der Waals surface area contributed by atoms with Crippen molar-refractivity contribution in [3.8, 4) is 11.5 Å². The lowest BCUT2D eigenvalue weighted by Gasteiger charge is -2.28. The van der Waals surface area contributed by atoms with Crippen molar-refractivity contribution >= 4 is 5.97 Å². The summed E-state index contributed by atoms with van der Waals surface area (Å²) in [5, 5.41) is 9.41. The lowest BCUT2D eigenvalue weighted by molar-refractivity contribution is 0.0358. The van der Waals surface area contributed by atoms with E-state index in [1.165, 1.54) is 6.20 Å². The number of hydrogen-bond acceptors (Lipinski definition) is 5. The van der Waals surface area contributed by atoms with Gasteiger partial charge in [0.15, 0.2) is 5.75 Å². The third kappa shape index (κ3) is 4.96. The fraction of sp³-hybridized carbons (Fsp3) is 0.400. The van der Waals surface area contributed by atoms with E-state index in [1.807, 2.05) is 13.0 Å². The maximum atomic E-state index is 12.5. The van der Waals surface area contributed by atoms with Crippen LogP contribution in [0.2, 0.25) is 0 Å². The first-order valence-corrected chi connectivity index (χ1v) is 9.06. The number of aromatic carboxylic acids is 1. The summed E-state index contributed by atoms with van der Waals surface area (Å²) >= 11 is 0. The minimum Gasteiger partial charge on any atom is -0.477 e. The van der Waals surface area contributed by atoms with Gasteiger partial charge in [-0.2, -0.15) is 0 Å². The zero-order valence-corrected chi connectivity index (χ0v) is 15.3. The highest BCUT2D eigenvalue weighted by Gasteiger charge is 2.18. The van der Waals surface area contributed by atoms with Crippen LogP contribution in [0.4, 0.5) is 0 Å². The average molecular weight is 372 g/mol. The Morgan fingerprint density at radius 1 is 1.22 bits per heavy atom. The maximum absolute atomic E-state index is 12.5. The molecule has 1 unspecified atom stereocenters. The second-order valence-corrected chi connectivity index (χ2v) is 6.62. The SMILES string of the molecule is CC(CCN1CCOCC1)n1cc(Oc2ccccc2)c(=O)c(C(=O)O)c1. The number of morpholine rings is 1. The summed E-state index contributed by atoms with van der Waals surface area (Å²) in [6.45, 7) is 6.17. The monoisotopic (exact) mass is 372 g/mol. The molecule has 144 valence electrons. The van der Waals surface area contributed by atoms with Crippen molar-refractivity contribution in [3.63, 3.8) is 0 Å². The third-order valence-corrected chi connectivity index (χ3v) is 4.69. The molecule has 27 heavy (non-hydrogen) atoms. The summed E-state index contributed by atoms with van der Waals surface area (Å²) in [6.07, 6.45) is 3.81. The van der Waals surface area contributed by atoms with Gasteiger partial charge in [0.2, 0.25) is 5.43 Å². The summed E-state index contributed by atoms with van der Waals surface area (Å²) in [6, 6.07) is 8.88. The van der Waals surface area contributed by atoms with Gasteiger partial charge in [0, 0.05) is 31.9 Å². The van der Waals surface area contributed by atoms with E-state index in [9.17, 15) is 14.7 Å². The van der Waals surface area contributed by atoms with E-state index in [0.29, 0.717) is 5.75 Å². The summed E-state index contributed by atoms with van der Waals surface area (Å²) in [5.74, 6) is -0.753. The molecule has 0 amide bonds. The predicted octanol–water partition coefficient (Wildman–Crippen LogP) is 2.62. The molecule has 0 spiro atoms. The molecule has 1 aromatic heterocycles. The van der Waals surface area contributed by atoms with Crippen molar-refractivity contribution < 1.29 is 19.4 Å². The molecule has 0 saturated carbocycles. The minimum atomic E-state index is -1.26. The number of carboxylic acid groups (broad SMARTS) is 1. The number of carbonyl (C=O) groups is 1. The Morgan fingerprint density at radius 2 is 1.93 bits per heavy atom. The highest BCUT2D eigenvalue weighted by Crippen LogP contribution is 2.21. The summed E-state index contributed by atoms with van der Waals surface area (Å²) in [7, 11) is 0. The smallest absolute Gasteiger partial charge is 0.341 e. The lowest BCUT2D eigenvalue weighted by atomic mass is 10.2. The quantitative estimate of drug-likeness (QED) is 0.805. The topological polar surface area (TPSA) is 81.0 Å². The van der Waals surface area contributed by atoms with Crippen molar-refractivity contribution in [3.05, 3.63) is 58.5 Å². The minimum absolute atomic E-state index is 0.0133. The number of benzene rings is 1. The van der Waals surface area contributed by atoms with E-state index in [0.717, 1.165) is 39.3 Å². The Bertz CT molecular complexity index is 828. The number of nitrogens with zero attached hydrogens (tertiary/aromatic N) is 2. The average Bonchev–Trinajstić information content (AvgIpc) is 2.69. The molecule has 3 rings (SSSR count). The Balaban J connectivity index is 1.81. The molecular weight excluding hydrogens is 348 g/mol. The van der Waals surface area contributed by atoms with Gasteiger partial charge in [-0.05, 0) is 25.5 Å². The molecule has 1 aliphatic rings. The highest BCUT2D eigenvalue weighted by molar-refractivity contribution is 5.87. The molecule has 0 radical (unpaired) electrons. The van der Waals surface area contributed by atoms with Gasteiger partial charge in [0.1, 0.15) is 11.3 Å². The number of hydrogen-bond donors (Lipinski definition) is 1. The van der Waals surface area contributed by atoms with Crippen LogP contribution in [0.25, 0.3) is 0 Å². The number of carboxylic acids is 1. The molecule has 1 atom stereocenters. The van der Waals surface area contributed by atoms with Crippen LogP contribution in [-0.2, 0) is 4.74 Å². The molecule has 1 saturated heterocycles. The molecule has 1 aromatic carbocycles. The van der Waals surface area contributed by atoms with Crippen LogP contribution in [0.5, 0.6) is 11.5 Å². The van der Waals surface area contributed by atoms with Gasteiger partial charge in [0.25, 0.3) is 0 Å². The maximum Gasteiger partial charge on any atom is 0.341 e. The summed E-state index contributed by atoms with van der Waals surface area (Å²) < 4.78 is 12.8. The highest BCUT2D eigenvalue weighted by atomic mass is 16.5. The van der Waals surface area contributed by atoms with Gasteiger partial charge in [-0.1, -0.05) is 18.2 Å². The number of ether oxygens (including phenoxy) is 2. The van der Waals surface area contributed by atoms with Crippen molar-refractivity contribution in [1.82, 2.24) is 9.47 Å². The first-order valence-electron chi connectivity index (χ1n) is 9.06. The molecule has 0 bridgehead atoms. The van der Waals surface area contributed by atoms with Crippen LogP contribution in [0.15, 0.2) is 47.5 Å². The van der Waals surface area contributed by atoms with Crippen molar-refractivity contribution in [2.75, 3.05) is 32.8 Å². The van der Waals surface area contributed by atoms with E-state index in [1.54, 1.807) is 35.0 Å².